The maximum atomic E-state index is 12.3. The summed E-state index contributed by atoms with van der Waals surface area (Å²) in [6.45, 7) is 3.94. The number of carbonyl (C=O) groups excluding carboxylic acids is 1. The normalized spacial score (nSPS) is 14.8. The predicted octanol–water partition coefficient (Wildman–Crippen LogP) is 5.49. The van der Waals surface area contributed by atoms with Gasteiger partial charge in [0.1, 0.15) is 5.75 Å². The molecule has 0 unspecified atom stereocenters. The molecule has 1 heterocycles. The maximum absolute atomic E-state index is 12.3. The van der Waals surface area contributed by atoms with Gasteiger partial charge in [-0.1, -0.05) is 54.6 Å². The van der Waals surface area contributed by atoms with Crippen LogP contribution in [0.25, 0.3) is 17.2 Å². The fourth-order valence-electron chi connectivity index (χ4n) is 3.08. The van der Waals surface area contributed by atoms with Crippen LogP contribution in [-0.4, -0.2) is 18.0 Å². The standard InChI is InChI=1S/C25H21NO3/c1-17(2)28-22-10-6-7-18(15-22)16-23-25(27)29-24(26-23)21-13-11-20(12-14-21)19-8-4-3-5-9-19/h3-17H,1-2H3/b23-16-. The van der Waals surface area contributed by atoms with E-state index in [-0.39, 0.29) is 11.8 Å². The second kappa shape index (κ2) is 8.15. The zero-order valence-corrected chi connectivity index (χ0v) is 16.3. The predicted molar refractivity (Wildman–Crippen MR) is 115 cm³/mol. The largest absolute Gasteiger partial charge is 0.491 e. The summed E-state index contributed by atoms with van der Waals surface area (Å²) in [5.74, 6) is 0.610. The van der Waals surface area contributed by atoms with E-state index >= 15 is 0 Å². The molecule has 0 fully saturated rings. The summed E-state index contributed by atoms with van der Waals surface area (Å²) in [5.41, 5.74) is 4.09. The lowest BCUT2D eigenvalue weighted by atomic mass is 10.0. The number of benzene rings is 3. The minimum atomic E-state index is -0.456. The van der Waals surface area contributed by atoms with Crippen molar-refractivity contribution in [1.29, 1.82) is 0 Å². The van der Waals surface area contributed by atoms with Crippen molar-refractivity contribution in [3.05, 3.63) is 95.7 Å². The van der Waals surface area contributed by atoms with Crippen molar-refractivity contribution in [2.75, 3.05) is 0 Å². The van der Waals surface area contributed by atoms with Gasteiger partial charge in [0.25, 0.3) is 0 Å². The molecule has 3 aromatic carbocycles. The molecule has 0 aliphatic carbocycles. The number of nitrogens with zero attached hydrogens (tertiary/aromatic N) is 1. The zero-order chi connectivity index (χ0) is 20.2. The molecule has 0 atom stereocenters. The third-order valence-electron chi connectivity index (χ3n) is 4.39. The molecular weight excluding hydrogens is 362 g/mol. The molecule has 0 N–H and O–H groups in total. The van der Waals surface area contributed by atoms with E-state index in [1.807, 2.05) is 80.6 Å². The number of cyclic esters (lactones) is 1. The summed E-state index contributed by atoms with van der Waals surface area (Å²) in [7, 11) is 0. The van der Waals surface area contributed by atoms with Crippen molar-refractivity contribution in [2.45, 2.75) is 20.0 Å². The molecule has 0 saturated carbocycles. The van der Waals surface area contributed by atoms with Crippen LogP contribution < -0.4 is 4.74 Å². The third-order valence-corrected chi connectivity index (χ3v) is 4.39. The Balaban J connectivity index is 1.57. The van der Waals surface area contributed by atoms with E-state index in [9.17, 15) is 4.79 Å². The van der Waals surface area contributed by atoms with Gasteiger partial charge in [-0.05, 0) is 60.9 Å². The first kappa shape index (κ1) is 18.7. The van der Waals surface area contributed by atoms with Crippen molar-refractivity contribution in [3.63, 3.8) is 0 Å². The third kappa shape index (κ3) is 4.43. The van der Waals surface area contributed by atoms with E-state index in [4.69, 9.17) is 9.47 Å². The summed E-state index contributed by atoms with van der Waals surface area (Å²) >= 11 is 0. The molecule has 29 heavy (non-hydrogen) atoms. The maximum Gasteiger partial charge on any atom is 0.363 e. The number of hydrogen-bond acceptors (Lipinski definition) is 4. The molecule has 3 aromatic rings. The quantitative estimate of drug-likeness (QED) is 0.433. The van der Waals surface area contributed by atoms with E-state index in [1.165, 1.54) is 0 Å². The molecule has 4 rings (SSSR count). The number of aliphatic imine (C=N–C) groups is 1. The van der Waals surface area contributed by atoms with Crippen LogP contribution >= 0.6 is 0 Å². The zero-order valence-electron chi connectivity index (χ0n) is 16.3. The second-order valence-electron chi connectivity index (χ2n) is 7.02. The average Bonchev–Trinajstić information content (AvgIpc) is 3.09. The van der Waals surface area contributed by atoms with Gasteiger partial charge in [-0.15, -0.1) is 0 Å². The van der Waals surface area contributed by atoms with Crippen LogP contribution in [0.15, 0.2) is 89.6 Å². The summed E-state index contributed by atoms with van der Waals surface area (Å²) in [4.78, 5) is 16.7. The Morgan fingerprint density at radius 1 is 0.862 bits per heavy atom. The van der Waals surface area contributed by atoms with Crippen LogP contribution in [0.1, 0.15) is 25.0 Å². The highest BCUT2D eigenvalue weighted by molar-refractivity contribution is 6.13. The fourth-order valence-corrected chi connectivity index (χ4v) is 3.08. The molecule has 0 bridgehead atoms. The molecule has 4 nitrogen and oxygen atoms in total. The monoisotopic (exact) mass is 383 g/mol. The second-order valence-corrected chi connectivity index (χ2v) is 7.02. The van der Waals surface area contributed by atoms with E-state index in [0.717, 1.165) is 28.0 Å². The first-order valence-electron chi connectivity index (χ1n) is 9.53. The Hall–Kier alpha value is -3.66. The van der Waals surface area contributed by atoms with Gasteiger partial charge in [0.15, 0.2) is 5.70 Å². The minimum Gasteiger partial charge on any atom is -0.491 e. The van der Waals surface area contributed by atoms with Crippen molar-refractivity contribution in [1.82, 2.24) is 0 Å². The molecule has 144 valence electrons. The smallest absolute Gasteiger partial charge is 0.363 e. The Morgan fingerprint density at radius 3 is 2.28 bits per heavy atom. The molecule has 0 spiro atoms. The van der Waals surface area contributed by atoms with Gasteiger partial charge in [-0.25, -0.2) is 9.79 Å². The number of hydrogen-bond donors (Lipinski definition) is 0. The highest BCUT2D eigenvalue weighted by Crippen LogP contribution is 2.24. The van der Waals surface area contributed by atoms with Crippen molar-refractivity contribution in [3.8, 4) is 16.9 Å². The number of ether oxygens (including phenoxy) is 2. The average molecular weight is 383 g/mol. The Morgan fingerprint density at radius 2 is 1.55 bits per heavy atom. The van der Waals surface area contributed by atoms with Crippen LogP contribution in [0, 0.1) is 0 Å². The van der Waals surface area contributed by atoms with Gasteiger partial charge in [0.2, 0.25) is 5.90 Å². The first-order chi connectivity index (χ1) is 14.1. The Kier molecular flexibility index (Phi) is 5.25. The van der Waals surface area contributed by atoms with E-state index < -0.39 is 5.97 Å². The summed E-state index contributed by atoms with van der Waals surface area (Å²) in [5, 5.41) is 0. The highest BCUT2D eigenvalue weighted by atomic mass is 16.6. The van der Waals surface area contributed by atoms with E-state index in [1.54, 1.807) is 6.08 Å². The lowest BCUT2D eigenvalue weighted by molar-refractivity contribution is -0.129. The number of esters is 1. The Bertz CT molecular complexity index is 1080. The lowest BCUT2D eigenvalue weighted by Crippen LogP contribution is -2.05. The highest BCUT2D eigenvalue weighted by Gasteiger charge is 2.24. The fraction of sp³-hybridized carbons (Fsp3) is 0.120. The molecule has 0 radical (unpaired) electrons. The molecule has 1 aliphatic heterocycles. The summed E-state index contributed by atoms with van der Waals surface area (Å²) < 4.78 is 11.1. The van der Waals surface area contributed by atoms with Gasteiger partial charge < -0.3 is 9.47 Å². The number of rotatable bonds is 5. The van der Waals surface area contributed by atoms with Crippen LogP contribution in [0.4, 0.5) is 0 Å². The van der Waals surface area contributed by atoms with Gasteiger partial charge in [0.05, 0.1) is 6.10 Å². The van der Waals surface area contributed by atoms with Crippen molar-refractivity contribution < 1.29 is 14.3 Å². The van der Waals surface area contributed by atoms with Crippen LogP contribution in [0.2, 0.25) is 0 Å². The van der Waals surface area contributed by atoms with E-state index in [2.05, 4.69) is 17.1 Å². The lowest BCUT2D eigenvalue weighted by Gasteiger charge is -2.09. The minimum absolute atomic E-state index is 0.0813. The topological polar surface area (TPSA) is 47.9 Å². The molecule has 0 aromatic heterocycles. The first-order valence-corrected chi connectivity index (χ1v) is 9.53. The number of carbonyl (C=O) groups is 1. The van der Waals surface area contributed by atoms with Crippen LogP contribution in [-0.2, 0) is 9.53 Å². The van der Waals surface area contributed by atoms with Gasteiger partial charge in [-0.2, -0.15) is 0 Å². The Labute approximate surface area is 170 Å². The van der Waals surface area contributed by atoms with E-state index in [0.29, 0.717) is 5.90 Å². The van der Waals surface area contributed by atoms with Gasteiger partial charge in [-0.3, -0.25) is 0 Å². The van der Waals surface area contributed by atoms with Crippen molar-refractivity contribution in [2.24, 2.45) is 4.99 Å². The SMILES string of the molecule is CC(C)Oc1cccc(/C=C2\N=C(c3ccc(-c4ccccc4)cc3)OC2=O)c1. The molecule has 0 amide bonds. The molecular formula is C25H21NO3. The van der Waals surface area contributed by atoms with Crippen molar-refractivity contribution >= 4 is 17.9 Å². The molecule has 1 aliphatic rings. The summed E-state index contributed by atoms with van der Waals surface area (Å²) in [6.07, 6.45) is 1.79. The molecule has 0 saturated heterocycles. The molecule has 4 heteroatoms. The van der Waals surface area contributed by atoms with Crippen LogP contribution in [0.5, 0.6) is 5.75 Å². The van der Waals surface area contributed by atoms with Gasteiger partial charge in [0, 0.05) is 5.56 Å². The summed E-state index contributed by atoms with van der Waals surface area (Å²) in [6, 6.07) is 25.5. The van der Waals surface area contributed by atoms with Gasteiger partial charge >= 0.3 is 5.97 Å². The van der Waals surface area contributed by atoms with Crippen LogP contribution in [0.3, 0.4) is 0 Å².